The highest BCUT2D eigenvalue weighted by atomic mass is 16.5. The van der Waals surface area contributed by atoms with Crippen LogP contribution in [0.5, 0.6) is 0 Å². The quantitative estimate of drug-likeness (QED) is 0.450. The smallest absolute Gasteiger partial charge is 0.317 e. The number of ketones is 1. The second-order valence-corrected chi connectivity index (χ2v) is 6.55. The van der Waals surface area contributed by atoms with Gasteiger partial charge in [-0.05, 0) is 31.2 Å². The highest BCUT2D eigenvalue weighted by molar-refractivity contribution is 5.88. The van der Waals surface area contributed by atoms with Crippen LogP contribution in [0.25, 0.3) is 0 Å². The molecular weight excluding hydrogens is 300 g/mol. The third-order valence-electron chi connectivity index (χ3n) is 4.78. The lowest BCUT2D eigenvalue weighted by Crippen LogP contribution is -2.41. The van der Waals surface area contributed by atoms with E-state index in [1.165, 1.54) is 6.92 Å². The zero-order chi connectivity index (χ0) is 17.6. The lowest BCUT2D eigenvalue weighted by Gasteiger charge is -2.40. The number of terminal acetylenes is 1. The molecule has 0 radical (unpaired) electrons. The van der Waals surface area contributed by atoms with E-state index < -0.39 is 5.41 Å². The molecule has 126 valence electrons. The molecule has 2 unspecified atom stereocenters. The van der Waals surface area contributed by atoms with Gasteiger partial charge in [0.1, 0.15) is 12.4 Å². The molecule has 0 spiro atoms. The first-order chi connectivity index (χ1) is 11.5. The number of carbonyl (C=O) groups is 2. The van der Waals surface area contributed by atoms with E-state index in [1.54, 1.807) is 0 Å². The second-order valence-electron chi connectivity index (χ2n) is 6.55. The fourth-order valence-electron chi connectivity index (χ4n) is 3.54. The molecule has 0 amide bonds. The Morgan fingerprint density at radius 1 is 1.38 bits per heavy atom. The van der Waals surface area contributed by atoms with Crippen LogP contribution in [0, 0.1) is 23.7 Å². The summed E-state index contributed by atoms with van der Waals surface area (Å²) in [5, 5.41) is 0. The maximum absolute atomic E-state index is 12.9. The van der Waals surface area contributed by atoms with Gasteiger partial charge in [-0.25, -0.2) is 0 Å². The molecule has 0 aliphatic heterocycles. The summed E-state index contributed by atoms with van der Waals surface area (Å²) in [5.41, 5.74) is 0.755. The first kappa shape index (κ1) is 18.0. The Balaban J connectivity index is 2.20. The van der Waals surface area contributed by atoms with Crippen LogP contribution in [-0.2, 0) is 20.9 Å². The topological polar surface area (TPSA) is 43.4 Å². The first-order valence-corrected chi connectivity index (χ1v) is 8.33. The van der Waals surface area contributed by atoms with Crippen molar-refractivity contribution in [2.45, 2.75) is 45.6 Å². The van der Waals surface area contributed by atoms with E-state index in [1.807, 2.05) is 30.3 Å². The Kier molecular flexibility index (Phi) is 5.98. The molecule has 0 heterocycles. The molecule has 1 aliphatic rings. The minimum absolute atomic E-state index is 0.0332. The van der Waals surface area contributed by atoms with Gasteiger partial charge in [-0.1, -0.05) is 48.9 Å². The molecule has 1 aromatic rings. The molecule has 2 rings (SSSR count). The normalized spacial score (nSPS) is 23.3. The van der Waals surface area contributed by atoms with Crippen LogP contribution >= 0.6 is 0 Å². The number of carbonyl (C=O) groups excluding carboxylic acids is 2. The van der Waals surface area contributed by atoms with Crippen LogP contribution in [0.15, 0.2) is 42.5 Å². The summed E-state index contributed by atoms with van der Waals surface area (Å²) in [6, 6.07) is 9.52. The predicted molar refractivity (Wildman–Crippen MR) is 93.9 cm³/mol. The Labute approximate surface area is 144 Å². The lowest BCUT2D eigenvalue weighted by atomic mass is 9.63. The molecule has 3 heteroatoms. The molecule has 0 bridgehead atoms. The lowest BCUT2D eigenvalue weighted by molar-refractivity contribution is -0.158. The van der Waals surface area contributed by atoms with Gasteiger partial charge in [-0.2, -0.15) is 0 Å². The molecular formula is C21H24O3. The number of benzene rings is 1. The van der Waals surface area contributed by atoms with Gasteiger partial charge in [0.2, 0.25) is 0 Å². The van der Waals surface area contributed by atoms with Crippen molar-refractivity contribution in [3.63, 3.8) is 0 Å². The number of hydrogen-bond acceptors (Lipinski definition) is 3. The minimum Gasteiger partial charge on any atom is -0.460 e. The van der Waals surface area contributed by atoms with Crippen molar-refractivity contribution in [1.82, 2.24) is 0 Å². The van der Waals surface area contributed by atoms with Gasteiger partial charge in [-0.15, -0.1) is 12.3 Å². The molecule has 1 aliphatic carbocycles. The number of hydrogen-bond donors (Lipinski definition) is 0. The summed E-state index contributed by atoms with van der Waals surface area (Å²) in [4.78, 5) is 24.7. The van der Waals surface area contributed by atoms with Crippen molar-refractivity contribution in [3.05, 3.63) is 48.0 Å². The molecule has 24 heavy (non-hydrogen) atoms. The van der Waals surface area contributed by atoms with Gasteiger partial charge in [0.05, 0.1) is 5.41 Å². The van der Waals surface area contributed by atoms with Crippen molar-refractivity contribution in [2.24, 2.45) is 11.3 Å². The van der Waals surface area contributed by atoms with Crippen molar-refractivity contribution >= 4 is 11.8 Å². The summed E-state index contributed by atoms with van der Waals surface area (Å²) in [5.74, 6) is 2.35. The summed E-state index contributed by atoms with van der Waals surface area (Å²) >= 11 is 0. The second kappa shape index (κ2) is 7.97. The zero-order valence-corrected chi connectivity index (χ0v) is 14.2. The third kappa shape index (κ3) is 3.94. The molecule has 1 saturated carbocycles. The molecule has 0 saturated heterocycles. The average molecular weight is 324 g/mol. The van der Waals surface area contributed by atoms with Gasteiger partial charge in [0, 0.05) is 12.8 Å². The Bertz CT molecular complexity index is 653. The van der Waals surface area contributed by atoms with Crippen LogP contribution < -0.4 is 0 Å². The van der Waals surface area contributed by atoms with Crippen molar-refractivity contribution < 1.29 is 14.3 Å². The van der Waals surface area contributed by atoms with Gasteiger partial charge in [-0.3, -0.25) is 9.59 Å². The van der Waals surface area contributed by atoms with Crippen LogP contribution in [0.3, 0.4) is 0 Å². The summed E-state index contributed by atoms with van der Waals surface area (Å²) in [6.07, 6.45) is 8.49. The van der Waals surface area contributed by atoms with Crippen molar-refractivity contribution in [3.8, 4) is 12.3 Å². The number of ether oxygens (including phenoxy) is 1. The van der Waals surface area contributed by atoms with Gasteiger partial charge < -0.3 is 4.74 Å². The van der Waals surface area contributed by atoms with Gasteiger partial charge >= 0.3 is 5.97 Å². The first-order valence-electron chi connectivity index (χ1n) is 8.33. The van der Waals surface area contributed by atoms with Crippen molar-refractivity contribution in [2.75, 3.05) is 0 Å². The molecule has 3 nitrogen and oxygen atoms in total. The van der Waals surface area contributed by atoms with Crippen LogP contribution in [-0.4, -0.2) is 11.8 Å². The summed E-state index contributed by atoms with van der Waals surface area (Å²) < 4.78 is 5.57. The highest BCUT2D eigenvalue weighted by Gasteiger charge is 2.47. The maximum atomic E-state index is 12.9. The SMILES string of the molecule is C#CCC1CCCC(CC(C)=O)(C(=O)OCc2ccccc2)C1=C. The van der Waals surface area contributed by atoms with Crippen LogP contribution in [0.4, 0.5) is 0 Å². The minimum atomic E-state index is -0.930. The molecule has 1 fully saturated rings. The van der Waals surface area contributed by atoms with Crippen LogP contribution in [0.1, 0.15) is 44.6 Å². The van der Waals surface area contributed by atoms with E-state index in [0.717, 1.165) is 24.0 Å². The monoisotopic (exact) mass is 324 g/mol. The summed E-state index contributed by atoms with van der Waals surface area (Å²) in [7, 11) is 0. The standard InChI is InChI=1S/C21H24O3/c1-4-9-19-12-8-13-21(17(19)3,14-16(2)22)20(23)24-15-18-10-6-5-7-11-18/h1,5-7,10-11,19H,3,8-9,12-15H2,2H3. The van der Waals surface area contributed by atoms with E-state index in [4.69, 9.17) is 11.2 Å². The van der Waals surface area contributed by atoms with Gasteiger partial charge in [0.25, 0.3) is 0 Å². The Morgan fingerprint density at radius 2 is 2.08 bits per heavy atom. The predicted octanol–water partition coefficient (Wildman–Crippen LogP) is 4.07. The largest absolute Gasteiger partial charge is 0.460 e. The number of Topliss-reactive ketones (excluding diaryl/α,β-unsaturated/α-hetero) is 1. The van der Waals surface area contributed by atoms with E-state index in [2.05, 4.69) is 12.5 Å². The van der Waals surface area contributed by atoms with E-state index in [9.17, 15) is 9.59 Å². The number of rotatable bonds is 6. The molecule has 0 N–H and O–H groups in total. The number of esters is 1. The fourth-order valence-corrected chi connectivity index (χ4v) is 3.54. The molecule has 0 aromatic heterocycles. The van der Waals surface area contributed by atoms with E-state index >= 15 is 0 Å². The maximum Gasteiger partial charge on any atom is 0.317 e. The molecule has 1 aromatic carbocycles. The molecule has 2 atom stereocenters. The highest BCUT2D eigenvalue weighted by Crippen LogP contribution is 2.48. The Hall–Kier alpha value is -2.34. The van der Waals surface area contributed by atoms with E-state index in [-0.39, 0.29) is 30.7 Å². The third-order valence-corrected chi connectivity index (χ3v) is 4.78. The summed E-state index contributed by atoms with van der Waals surface area (Å²) in [6.45, 7) is 5.85. The average Bonchev–Trinajstić information content (AvgIpc) is 2.57. The fraction of sp³-hybridized carbons (Fsp3) is 0.429. The van der Waals surface area contributed by atoms with E-state index in [0.29, 0.717) is 12.8 Å². The van der Waals surface area contributed by atoms with Crippen molar-refractivity contribution in [1.29, 1.82) is 0 Å². The van der Waals surface area contributed by atoms with Crippen LogP contribution in [0.2, 0.25) is 0 Å². The van der Waals surface area contributed by atoms with Gasteiger partial charge in [0.15, 0.2) is 0 Å². The Morgan fingerprint density at radius 3 is 2.71 bits per heavy atom. The zero-order valence-electron chi connectivity index (χ0n) is 14.2.